The first-order chi connectivity index (χ1) is 10.6. The first kappa shape index (κ1) is 22.3. The normalized spacial score (nSPS) is 15.1. The fourth-order valence-electron chi connectivity index (χ4n) is 3.56. The van der Waals surface area contributed by atoms with Crippen LogP contribution >= 0.6 is 0 Å². The van der Waals surface area contributed by atoms with Crippen LogP contribution in [-0.2, 0) is 14.1 Å². The Labute approximate surface area is 142 Å². The molecule has 0 aromatic rings. The first-order valence-corrected chi connectivity index (χ1v) is 10.5. The van der Waals surface area contributed by atoms with E-state index in [4.69, 9.17) is 9.26 Å². The van der Waals surface area contributed by atoms with E-state index in [0.29, 0.717) is 16.6 Å². The first-order valence-electron chi connectivity index (χ1n) is 8.32. The number of hydrogen-bond acceptors (Lipinski definition) is 4. The van der Waals surface area contributed by atoms with Crippen molar-refractivity contribution in [2.24, 2.45) is 5.92 Å². The summed E-state index contributed by atoms with van der Waals surface area (Å²) in [4.78, 5) is 17.1. The number of hydroxylamine groups is 2. The number of hydrogen-bond donors (Lipinski definition) is 1. The van der Waals surface area contributed by atoms with Gasteiger partial charge in [-0.25, -0.2) is 5.06 Å². The maximum absolute atomic E-state index is 12.2. The third kappa shape index (κ3) is 5.14. The van der Waals surface area contributed by atoms with Crippen molar-refractivity contribution in [2.75, 3.05) is 20.8 Å². The van der Waals surface area contributed by atoms with Gasteiger partial charge in [0.05, 0.1) is 25.7 Å². The van der Waals surface area contributed by atoms with Crippen LogP contribution in [0.3, 0.4) is 0 Å². The number of aliphatic hydroxyl groups is 1. The number of carbonyl (C=O) groups excluding carboxylic acids is 1. The second kappa shape index (κ2) is 9.57. The summed E-state index contributed by atoms with van der Waals surface area (Å²) < 4.78 is 6.35. The smallest absolute Gasteiger partial charge is 0.255 e. The molecule has 2 atom stereocenters. The van der Waals surface area contributed by atoms with Gasteiger partial charge in [-0.2, -0.15) is 0 Å². The fraction of sp³-hybridized carbons (Fsp3) is 0.824. The largest absolute Gasteiger partial charge is 0.413 e. The van der Waals surface area contributed by atoms with Gasteiger partial charge in [-0.3, -0.25) is 9.63 Å². The highest BCUT2D eigenvalue weighted by Gasteiger charge is 2.45. The third-order valence-corrected chi connectivity index (χ3v) is 10.8. The number of aliphatic hydroxyl groups excluding tert-OH is 1. The molecule has 23 heavy (non-hydrogen) atoms. The molecule has 0 bridgehead atoms. The third-order valence-electron chi connectivity index (χ3n) is 4.75. The standard InChI is InChI=1S/C17H35NO4Si/c1-10-15(17(20)18(8)21-9)16(19)11-22-23(12(2)3,13(4)5)14(6)7/h10,12-16,19H,1,11H2,2-9H3/t15-,16+/m1/s1. The van der Waals surface area contributed by atoms with Crippen LogP contribution in [-0.4, -0.2) is 51.3 Å². The molecule has 0 rings (SSSR count). The summed E-state index contributed by atoms with van der Waals surface area (Å²) in [5.74, 6) is -1.07. The van der Waals surface area contributed by atoms with Gasteiger partial charge in [0.1, 0.15) is 0 Å². The Morgan fingerprint density at radius 1 is 1.17 bits per heavy atom. The molecule has 0 saturated carbocycles. The lowest BCUT2D eigenvalue weighted by Gasteiger charge is -2.43. The van der Waals surface area contributed by atoms with E-state index in [0.717, 1.165) is 5.06 Å². The summed E-state index contributed by atoms with van der Waals surface area (Å²) >= 11 is 0. The Morgan fingerprint density at radius 2 is 1.61 bits per heavy atom. The van der Waals surface area contributed by atoms with Gasteiger partial charge in [0.15, 0.2) is 8.32 Å². The fourth-order valence-corrected chi connectivity index (χ4v) is 9.02. The number of rotatable bonds is 10. The van der Waals surface area contributed by atoms with E-state index < -0.39 is 20.3 Å². The summed E-state index contributed by atoms with van der Waals surface area (Å²) in [7, 11) is 0.858. The van der Waals surface area contributed by atoms with Crippen LogP contribution in [0.2, 0.25) is 16.6 Å². The maximum atomic E-state index is 12.2. The van der Waals surface area contributed by atoms with Crippen molar-refractivity contribution in [1.82, 2.24) is 5.06 Å². The van der Waals surface area contributed by atoms with E-state index in [1.807, 2.05) is 0 Å². The minimum absolute atomic E-state index is 0.140. The zero-order valence-corrected chi connectivity index (χ0v) is 17.0. The molecule has 0 aromatic heterocycles. The molecule has 0 aliphatic carbocycles. The highest BCUT2D eigenvalue weighted by atomic mass is 28.4. The van der Waals surface area contributed by atoms with Crippen LogP contribution in [0, 0.1) is 5.92 Å². The van der Waals surface area contributed by atoms with E-state index in [-0.39, 0.29) is 12.5 Å². The summed E-state index contributed by atoms with van der Waals surface area (Å²) in [5, 5.41) is 11.6. The highest BCUT2D eigenvalue weighted by molar-refractivity contribution is 6.77. The Hall–Kier alpha value is -0.693. The zero-order valence-electron chi connectivity index (χ0n) is 16.0. The molecule has 1 N–H and O–H groups in total. The van der Waals surface area contributed by atoms with Crippen LogP contribution in [0.25, 0.3) is 0 Å². The molecular formula is C17H35NO4Si. The Morgan fingerprint density at radius 3 is 1.91 bits per heavy atom. The molecule has 6 heteroatoms. The molecule has 0 unspecified atom stereocenters. The molecule has 0 aliphatic rings. The molecule has 0 aromatic carbocycles. The van der Waals surface area contributed by atoms with Crippen LogP contribution in [0.5, 0.6) is 0 Å². The van der Waals surface area contributed by atoms with Crippen molar-refractivity contribution >= 4 is 14.2 Å². The van der Waals surface area contributed by atoms with Gasteiger partial charge in [0.2, 0.25) is 0 Å². The van der Waals surface area contributed by atoms with Crippen molar-refractivity contribution in [3.05, 3.63) is 12.7 Å². The molecule has 5 nitrogen and oxygen atoms in total. The summed E-state index contributed by atoms with van der Waals surface area (Å²) in [6.07, 6.45) is 0.524. The summed E-state index contributed by atoms with van der Waals surface area (Å²) in [6, 6.07) is 0. The Kier molecular flexibility index (Phi) is 9.28. The van der Waals surface area contributed by atoms with Crippen LogP contribution < -0.4 is 0 Å². The maximum Gasteiger partial charge on any atom is 0.255 e. The number of amides is 1. The van der Waals surface area contributed by atoms with Gasteiger partial charge in [-0.15, -0.1) is 6.58 Å². The lowest BCUT2D eigenvalue weighted by Crippen LogP contribution is -2.50. The van der Waals surface area contributed by atoms with E-state index >= 15 is 0 Å². The van der Waals surface area contributed by atoms with E-state index in [1.165, 1.54) is 20.2 Å². The average molecular weight is 346 g/mol. The van der Waals surface area contributed by atoms with Crippen LogP contribution in [0.4, 0.5) is 0 Å². The SMILES string of the molecule is C=C[C@@H](C(=O)N(C)OC)[C@@H](O)CO[Si](C(C)C)(C(C)C)C(C)C. The van der Waals surface area contributed by atoms with E-state index in [9.17, 15) is 9.90 Å². The molecular weight excluding hydrogens is 310 g/mol. The van der Waals surface area contributed by atoms with Crippen molar-refractivity contribution in [3.8, 4) is 0 Å². The molecule has 0 spiro atoms. The molecule has 136 valence electrons. The lowest BCUT2D eigenvalue weighted by atomic mass is 10.0. The minimum Gasteiger partial charge on any atom is -0.413 e. The average Bonchev–Trinajstić information content (AvgIpc) is 2.46. The van der Waals surface area contributed by atoms with Gasteiger partial charge < -0.3 is 9.53 Å². The van der Waals surface area contributed by atoms with Crippen molar-refractivity contribution in [2.45, 2.75) is 64.3 Å². The van der Waals surface area contributed by atoms with Gasteiger partial charge in [-0.05, 0) is 16.6 Å². The van der Waals surface area contributed by atoms with E-state index in [1.54, 1.807) is 0 Å². The topological polar surface area (TPSA) is 59.0 Å². The minimum atomic E-state index is -2.07. The number of nitrogens with zero attached hydrogens (tertiary/aromatic N) is 1. The molecule has 0 radical (unpaired) electrons. The molecule has 0 fully saturated rings. The zero-order chi connectivity index (χ0) is 18.4. The predicted molar refractivity (Wildman–Crippen MR) is 96.5 cm³/mol. The summed E-state index contributed by atoms with van der Waals surface area (Å²) in [5.41, 5.74) is 1.28. The molecule has 0 heterocycles. The van der Waals surface area contributed by atoms with Gasteiger partial charge in [-0.1, -0.05) is 47.6 Å². The van der Waals surface area contributed by atoms with Crippen LogP contribution in [0.15, 0.2) is 12.7 Å². The predicted octanol–water partition coefficient (Wildman–Crippen LogP) is 3.36. The van der Waals surface area contributed by atoms with Gasteiger partial charge in [0.25, 0.3) is 5.91 Å². The Balaban J connectivity index is 5.16. The second-order valence-electron chi connectivity index (χ2n) is 6.98. The van der Waals surface area contributed by atoms with Crippen molar-refractivity contribution in [1.29, 1.82) is 0 Å². The highest BCUT2D eigenvalue weighted by Crippen LogP contribution is 2.42. The second-order valence-corrected chi connectivity index (χ2v) is 12.4. The van der Waals surface area contributed by atoms with E-state index in [2.05, 4.69) is 48.1 Å². The number of carbonyl (C=O) groups is 1. The summed E-state index contributed by atoms with van der Waals surface area (Å²) in [6.45, 7) is 16.9. The van der Waals surface area contributed by atoms with Gasteiger partial charge in [0, 0.05) is 7.05 Å². The van der Waals surface area contributed by atoms with Crippen molar-refractivity contribution in [3.63, 3.8) is 0 Å². The monoisotopic (exact) mass is 345 g/mol. The molecule has 0 saturated heterocycles. The Bertz CT molecular complexity index is 363. The van der Waals surface area contributed by atoms with Crippen molar-refractivity contribution < 1.29 is 19.2 Å². The molecule has 1 amide bonds. The quantitative estimate of drug-likeness (QED) is 0.375. The van der Waals surface area contributed by atoms with Crippen LogP contribution in [0.1, 0.15) is 41.5 Å². The lowest BCUT2D eigenvalue weighted by molar-refractivity contribution is -0.175. The molecule has 0 aliphatic heterocycles. The van der Waals surface area contributed by atoms with Gasteiger partial charge >= 0.3 is 0 Å².